The molecule has 1 aromatic heterocycles. The Kier molecular flexibility index (Phi) is 10.2. The summed E-state index contributed by atoms with van der Waals surface area (Å²) in [5.74, 6) is -0.295. The molecule has 9 nitrogen and oxygen atoms in total. The molecule has 2 aromatic rings. The number of nitrogens with zero attached hydrogens (tertiary/aromatic N) is 5. The van der Waals surface area contributed by atoms with Crippen LogP contribution in [0.5, 0.6) is 0 Å². The van der Waals surface area contributed by atoms with E-state index in [-0.39, 0.29) is 23.5 Å². The Bertz CT molecular complexity index is 1440. The van der Waals surface area contributed by atoms with Gasteiger partial charge in [0, 0.05) is 56.9 Å². The summed E-state index contributed by atoms with van der Waals surface area (Å²) in [4.78, 5) is 44.2. The quantitative estimate of drug-likeness (QED) is 0.227. The minimum atomic E-state index is -0.827. The summed E-state index contributed by atoms with van der Waals surface area (Å²) >= 11 is 6.75. The number of amides is 1. The van der Waals surface area contributed by atoms with E-state index in [1.54, 1.807) is 22.5 Å². The van der Waals surface area contributed by atoms with Gasteiger partial charge in [-0.25, -0.2) is 0 Å². The fourth-order valence-electron chi connectivity index (χ4n) is 5.28. The molecule has 0 saturated carbocycles. The molecule has 2 fully saturated rings. The molecule has 1 N–H and O–H groups in total. The third-order valence-corrected chi connectivity index (χ3v) is 8.79. The number of hydrogen-bond acceptors (Lipinski definition) is 8. The molecule has 2 aliphatic rings. The Hall–Kier alpha value is -3.62. The number of rotatable bonds is 11. The number of aromatic nitrogens is 1. The lowest BCUT2D eigenvalue weighted by atomic mass is 10.0. The van der Waals surface area contributed by atoms with Gasteiger partial charge in [-0.15, -0.1) is 0 Å². The van der Waals surface area contributed by atoms with Crippen molar-refractivity contribution in [1.82, 2.24) is 9.47 Å². The highest BCUT2D eigenvalue weighted by molar-refractivity contribution is 8.26. The van der Waals surface area contributed by atoms with Crippen LogP contribution in [0.2, 0.25) is 0 Å². The van der Waals surface area contributed by atoms with Gasteiger partial charge in [-0.05, 0) is 50.0 Å². The fourth-order valence-corrected chi connectivity index (χ4v) is 6.57. The monoisotopic (exact) mass is 593 g/mol. The van der Waals surface area contributed by atoms with Crippen molar-refractivity contribution in [3.05, 3.63) is 62.3 Å². The fraction of sp³-hybridized carbons (Fsp3) is 0.433. The molecule has 2 saturated heterocycles. The number of carboxylic acids is 1. The Morgan fingerprint density at radius 1 is 1.07 bits per heavy atom. The number of thioether (sulfide) groups is 1. The molecule has 0 radical (unpaired) electrons. The molecule has 1 aromatic carbocycles. The SMILES string of the molecule is CCCn1c(N2CCN(c3ccccc3)CC2)c(/C=C2/SC(=S)N(CCCCCC(=O)O)C2=O)c(C)c(C#N)c1=O. The van der Waals surface area contributed by atoms with Crippen molar-refractivity contribution in [2.75, 3.05) is 42.5 Å². The van der Waals surface area contributed by atoms with E-state index in [0.717, 1.165) is 24.6 Å². The Labute approximate surface area is 250 Å². The van der Waals surface area contributed by atoms with Crippen molar-refractivity contribution in [1.29, 1.82) is 5.26 Å². The van der Waals surface area contributed by atoms with Crippen LogP contribution >= 0.6 is 24.0 Å². The van der Waals surface area contributed by atoms with Gasteiger partial charge in [-0.1, -0.05) is 55.5 Å². The Morgan fingerprint density at radius 3 is 2.39 bits per heavy atom. The standard InChI is InChI=1S/C30H35N5O4S2/c1-3-13-34-27(33-17-15-32(16-18-33)22-10-6-4-7-11-22)23(21(2)24(20-31)28(34)38)19-25-29(39)35(30(40)41-25)14-9-5-8-12-26(36)37/h4,6-7,10-11,19H,3,5,8-9,12-18H2,1-2H3,(H,36,37)/b25-19+. The van der Waals surface area contributed by atoms with Crippen molar-refractivity contribution in [2.24, 2.45) is 0 Å². The third-order valence-electron chi connectivity index (χ3n) is 7.42. The summed E-state index contributed by atoms with van der Waals surface area (Å²) in [7, 11) is 0. The average molecular weight is 594 g/mol. The predicted octanol–water partition coefficient (Wildman–Crippen LogP) is 4.61. The van der Waals surface area contributed by atoms with Crippen molar-refractivity contribution >= 4 is 57.8 Å². The first kappa shape index (κ1) is 30.3. The number of pyridine rings is 1. The number of benzene rings is 1. The van der Waals surface area contributed by atoms with Crippen molar-refractivity contribution in [3.63, 3.8) is 0 Å². The average Bonchev–Trinajstić information content (AvgIpc) is 3.23. The van der Waals surface area contributed by atoms with Gasteiger partial charge >= 0.3 is 5.97 Å². The van der Waals surface area contributed by atoms with Crippen LogP contribution in [0.3, 0.4) is 0 Å². The second-order valence-electron chi connectivity index (χ2n) is 10.2. The Balaban J connectivity index is 1.66. The summed E-state index contributed by atoms with van der Waals surface area (Å²) in [6, 6.07) is 12.3. The molecule has 0 aliphatic carbocycles. The summed E-state index contributed by atoms with van der Waals surface area (Å²) in [6.07, 6.45) is 4.51. The molecule has 0 spiro atoms. The van der Waals surface area contributed by atoms with Crippen molar-refractivity contribution in [3.8, 4) is 6.07 Å². The number of carbonyl (C=O) groups excluding carboxylic acids is 1. The number of aliphatic carboxylic acids is 1. The maximum Gasteiger partial charge on any atom is 0.303 e. The molecule has 4 rings (SSSR count). The summed E-state index contributed by atoms with van der Waals surface area (Å²) < 4.78 is 2.15. The van der Waals surface area contributed by atoms with Gasteiger partial charge < -0.3 is 14.9 Å². The van der Waals surface area contributed by atoms with Crippen molar-refractivity contribution in [2.45, 2.75) is 52.5 Å². The molecule has 0 unspecified atom stereocenters. The van der Waals surface area contributed by atoms with Crippen LogP contribution in [-0.2, 0) is 16.1 Å². The first-order valence-electron chi connectivity index (χ1n) is 14.0. The number of nitriles is 1. The van der Waals surface area contributed by atoms with E-state index in [2.05, 4.69) is 28.0 Å². The predicted molar refractivity (Wildman–Crippen MR) is 167 cm³/mol. The zero-order valence-corrected chi connectivity index (χ0v) is 25.1. The molecule has 41 heavy (non-hydrogen) atoms. The van der Waals surface area contributed by atoms with Crippen LogP contribution < -0.4 is 15.4 Å². The summed E-state index contributed by atoms with van der Waals surface area (Å²) in [5.41, 5.74) is 2.19. The third kappa shape index (κ3) is 6.82. The molecule has 3 heterocycles. The smallest absolute Gasteiger partial charge is 0.303 e. The maximum absolute atomic E-state index is 13.5. The second-order valence-corrected chi connectivity index (χ2v) is 11.8. The molecular formula is C30H35N5O4S2. The van der Waals surface area contributed by atoms with E-state index >= 15 is 0 Å². The van der Waals surface area contributed by atoms with E-state index < -0.39 is 5.97 Å². The molecule has 0 bridgehead atoms. The van der Waals surface area contributed by atoms with Gasteiger partial charge in [0.1, 0.15) is 21.8 Å². The molecule has 1 amide bonds. The number of thiocarbonyl (C=S) groups is 1. The van der Waals surface area contributed by atoms with Crippen LogP contribution in [0.25, 0.3) is 6.08 Å². The molecule has 0 atom stereocenters. The first-order chi connectivity index (χ1) is 19.8. The lowest BCUT2D eigenvalue weighted by Crippen LogP contribution is -2.48. The van der Waals surface area contributed by atoms with E-state index in [0.29, 0.717) is 72.2 Å². The van der Waals surface area contributed by atoms with Gasteiger partial charge in [0.2, 0.25) is 0 Å². The van der Waals surface area contributed by atoms with Crippen molar-refractivity contribution < 1.29 is 14.7 Å². The normalized spacial score (nSPS) is 16.5. The van der Waals surface area contributed by atoms with Crippen LogP contribution in [0, 0.1) is 18.3 Å². The van der Waals surface area contributed by atoms with Crippen LogP contribution in [0.1, 0.15) is 55.7 Å². The number of para-hydroxylation sites is 1. The minimum Gasteiger partial charge on any atom is -0.481 e. The maximum atomic E-state index is 13.5. The van der Waals surface area contributed by atoms with E-state index in [4.69, 9.17) is 17.3 Å². The van der Waals surface area contributed by atoms with Crippen LogP contribution in [-0.4, -0.2) is 63.5 Å². The molecular weight excluding hydrogens is 558 g/mol. The number of piperazine rings is 1. The Morgan fingerprint density at radius 2 is 1.76 bits per heavy atom. The number of carbonyl (C=O) groups is 2. The number of carboxylic acid groups (broad SMARTS) is 1. The summed E-state index contributed by atoms with van der Waals surface area (Å²) in [5, 5.41) is 18.8. The second kappa shape index (κ2) is 13.8. The molecule has 2 aliphatic heterocycles. The highest BCUT2D eigenvalue weighted by Crippen LogP contribution is 2.36. The zero-order valence-electron chi connectivity index (χ0n) is 23.5. The van der Waals surface area contributed by atoms with Gasteiger partial charge in [-0.3, -0.25) is 23.9 Å². The minimum absolute atomic E-state index is 0.0882. The van der Waals surface area contributed by atoms with Crippen LogP contribution in [0.15, 0.2) is 40.0 Å². The lowest BCUT2D eigenvalue weighted by Gasteiger charge is -2.39. The topological polar surface area (TPSA) is 110 Å². The van der Waals surface area contributed by atoms with Gasteiger partial charge in [0.25, 0.3) is 11.5 Å². The van der Waals surface area contributed by atoms with Crippen LogP contribution in [0.4, 0.5) is 11.5 Å². The van der Waals surface area contributed by atoms with E-state index in [1.165, 1.54) is 11.8 Å². The highest BCUT2D eigenvalue weighted by atomic mass is 32.2. The van der Waals surface area contributed by atoms with Gasteiger partial charge in [0.15, 0.2) is 0 Å². The zero-order chi connectivity index (χ0) is 29.5. The first-order valence-corrected chi connectivity index (χ1v) is 15.2. The highest BCUT2D eigenvalue weighted by Gasteiger charge is 2.33. The number of hydrogen-bond donors (Lipinski definition) is 1. The summed E-state index contributed by atoms with van der Waals surface area (Å²) in [6.45, 7) is 7.56. The van der Waals surface area contributed by atoms with Gasteiger partial charge in [-0.2, -0.15) is 5.26 Å². The number of anilines is 2. The van der Waals surface area contributed by atoms with E-state index in [1.807, 2.05) is 25.1 Å². The molecule has 216 valence electrons. The van der Waals surface area contributed by atoms with Gasteiger partial charge in [0.05, 0.1) is 4.91 Å². The largest absolute Gasteiger partial charge is 0.481 e. The van der Waals surface area contributed by atoms with E-state index in [9.17, 15) is 19.6 Å². The lowest BCUT2D eigenvalue weighted by molar-refractivity contribution is -0.137. The number of unbranched alkanes of at least 4 members (excludes halogenated alkanes) is 2. The molecule has 11 heteroatoms.